The molecule has 92 valence electrons. The molecule has 0 saturated carbocycles. The second kappa shape index (κ2) is 3.80. The van der Waals surface area contributed by atoms with Crippen LogP contribution in [-0.4, -0.2) is 22.3 Å². The monoisotopic (exact) mass is 242 g/mol. The highest BCUT2D eigenvalue weighted by Gasteiger charge is 2.15. The third-order valence-electron chi connectivity index (χ3n) is 3.16. The van der Waals surface area contributed by atoms with Crippen molar-refractivity contribution in [1.82, 2.24) is 15.2 Å². The number of nitrogens with one attached hydrogen (secondary N) is 2. The number of aryl methyl sites for hydroxylation is 1. The molecule has 1 aromatic carbocycles. The molecule has 0 aliphatic rings. The van der Waals surface area contributed by atoms with Crippen LogP contribution in [0.4, 0.5) is 5.82 Å². The Morgan fingerprint density at radius 3 is 2.78 bits per heavy atom. The first-order valence-corrected chi connectivity index (χ1v) is 5.66. The first kappa shape index (κ1) is 10.7. The molecule has 3 rings (SSSR count). The summed E-state index contributed by atoms with van der Waals surface area (Å²) in [5.41, 5.74) is 9.87. The lowest BCUT2D eigenvalue weighted by Gasteiger charge is -2.09. The van der Waals surface area contributed by atoms with E-state index < -0.39 is 0 Å². The van der Waals surface area contributed by atoms with Gasteiger partial charge in [-0.3, -0.25) is 5.10 Å². The van der Waals surface area contributed by atoms with Crippen molar-refractivity contribution >= 4 is 16.7 Å². The molecule has 0 spiro atoms. The topological polar surface area (TPSA) is 79.7 Å². The van der Waals surface area contributed by atoms with Gasteiger partial charge in [-0.05, 0) is 24.6 Å². The minimum atomic E-state index is 0.542. The van der Waals surface area contributed by atoms with Crippen molar-refractivity contribution in [1.29, 1.82) is 0 Å². The van der Waals surface area contributed by atoms with Crippen LogP contribution in [0.3, 0.4) is 0 Å². The zero-order valence-corrected chi connectivity index (χ0v) is 10.2. The molecule has 4 N–H and O–H groups in total. The third-order valence-corrected chi connectivity index (χ3v) is 3.16. The van der Waals surface area contributed by atoms with Gasteiger partial charge in [-0.2, -0.15) is 5.10 Å². The number of hydrogen-bond acceptors (Lipinski definition) is 3. The van der Waals surface area contributed by atoms with Gasteiger partial charge >= 0.3 is 0 Å². The van der Waals surface area contributed by atoms with E-state index in [9.17, 15) is 0 Å². The average molecular weight is 242 g/mol. The molecule has 18 heavy (non-hydrogen) atoms. The predicted molar refractivity (Wildman–Crippen MR) is 71.6 cm³/mol. The molecular formula is C13H14N4O. The van der Waals surface area contributed by atoms with E-state index in [1.54, 1.807) is 13.3 Å². The van der Waals surface area contributed by atoms with Crippen molar-refractivity contribution in [2.24, 2.45) is 0 Å². The average Bonchev–Trinajstić information content (AvgIpc) is 2.95. The largest absolute Gasteiger partial charge is 0.495 e. The zero-order chi connectivity index (χ0) is 12.7. The summed E-state index contributed by atoms with van der Waals surface area (Å²) in [6.45, 7) is 2.05. The Hall–Kier alpha value is -2.43. The van der Waals surface area contributed by atoms with Crippen molar-refractivity contribution in [3.05, 3.63) is 30.1 Å². The second-order valence-corrected chi connectivity index (χ2v) is 4.24. The van der Waals surface area contributed by atoms with Crippen LogP contribution in [0.15, 0.2) is 24.5 Å². The molecule has 5 nitrogen and oxygen atoms in total. The van der Waals surface area contributed by atoms with Crippen LogP contribution in [0.25, 0.3) is 22.0 Å². The van der Waals surface area contributed by atoms with Crippen LogP contribution in [0, 0.1) is 6.92 Å². The van der Waals surface area contributed by atoms with Gasteiger partial charge in [-0.15, -0.1) is 0 Å². The van der Waals surface area contributed by atoms with Crippen LogP contribution in [0.5, 0.6) is 5.75 Å². The van der Waals surface area contributed by atoms with Gasteiger partial charge in [0, 0.05) is 28.2 Å². The normalized spacial score (nSPS) is 11.0. The van der Waals surface area contributed by atoms with E-state index in [0.717, 1.165) is 33.3 Å². The van der Waals surface area contributed by atoms with Crippen LogP contribution in [0.2, 0.25) is 0 Å². The number of nitrogens with zero attached hydrogens (tertiary/aromatic N) is 1. The molecule has 0 aliphatic heterocycles. The van der Waals surface area contributed by atoms with Crippen molar-refractivity contribution in [2.75, 3.05) is 12.8 Å². The van der Waals surface area contributed by atoms with Crippen LogP contribution < -0.4 is 10.5 Å². The van der Waals surface area contributed by atoms with Gasteiger partial charge in [0.15, 0.2) is 0 Å². The maximum Gasteiger partial charge on any atom is 0.136 e. The Morgan fingerprint density at radius 2 is 2.11 bits per heavy atom. The number of H-pyrrole nitrogens is 2. The fourth-order valence-corrected chi connectivity index (χ4v) is 2.29. The lowest BCUT2D eigenvalue weighted by molar-refractivity contribution is 0.421. The van der Waals surface area contributed by atoms with E-state index in [1.165, 1.54) is 0 Å². The number of fused-ring (bicyclic) bond motifs is 1. The number of nitrogens with two attached hydrogens (primary N) is 1. The Balaban J connectivity index is 2.36. The maximum atomic E-state index is 5.87. The minimum absolute atomic E-state index is 0.542. The fraction of sp³-hybridized carbons (Fsp3) is 0.154. The highest BCUT2D eigenvalue weighted by Crippen LogP contribution is 2.39. The molecule has 2 heterocycles. The summed E-state index contributed by atoms with van der Waals surface area (Å²) in [7, 11) is 1.67. The van der Waals surface area contributed by atoms with E-state index >= 15 is 0 Å². The van der Waals surface area contributed by atoms with Crippen molar-refractivity contribution < 1.29 is 4.74 Å². The van der Waals surface area contributed by atoms with E-state index in [2.05, 4.69) is 15.2 Å². The highest BCUT2D eigenvalue weighted by atomic mass is 16.5. The predicted octanol–water partition coefficient (Wildman–Crippen LogP) is 2.46. The molecule has 0 aliphatic carbocycles. The van der Waals surface area contributed by atoms with E-state index in [1.807, 2.05) is 25.3 Å². The third kappa shape index (κ3) is 1.37. The minimum Gasteiger partial charge on any atom is -0.495 e. The molecule has 0 amide bonds. The zero-order valence-electron chi connectivity index (χ0n) is 10.2. The second-order valence-electron chi connectivity index (χ2n) is 4.24. The molecule has 3 aromatic rings. The van der Waals surface area contributed by atoms with Crippen molar-refractivity contribution in [3.63, 3.8) is 0 Å². The molecular weight excluding hydrogens is 228 g/mol. The molecule has 0 saturated heterocycles. The van der Waals surface area contributed by atoms with Gasteiger partial charge in [0.05, 0.1) is 13.3 Å². The number of nitrogen functional groups attached to an aromatic ring is 1. The lowest BCUT2D eigenvalue weighted by Crippen LogP contribution is -1.92. The van der Waals surface area contributed by atoms with Gasteiger partial charge in [-0.1, -0.05) is 0 Å². The van der Waals surface area contributed by atoms with Gasteiger partial charge in [0.25, 0.3) is 0 Å². The number of aromatic nitrogens is 3. The summed E-state index contributed by atoms with van der Waals surface area (Å²) >= 11 is 0. The van der Waals surface area contributed by atoms with Crippen LogP contribution in [-0.2, 0) is 0 Å². The lowest BCUT2D eigenvalue weighted by atomic mass is 10.0. The number of hydrogen-bond donors (Lipinski definition) is 3. The summed E-state index contributed by atoms with van der Waals surface area (Å²) in [6.07, 6.45) is 3.68. The molecule has 0 fully saturated rings. The standard InChI is InChI=1S/C13H14N4O/c1-7-5-15-10-4-3-8(12(18-2)11(7)10)9-6-16-17-13(9)14/h3-6,15H,1-2H3,(H3,14,16,17). The van der Waals surface area contributed by atoms with Gasteiger partial charge < -0.3 is 15.5 Å². The van der Waals surface area contributed by atoms with Crippen molar-refractivity contribution in [3.8, 4) is 16.9 Å². The number of anilines is 1. The van der Waals surface area contributed by atoms with Crippen molar-refractivity contribution in [2.45, 2.75) is 6.92 Å². The molecule has 2 aromatic heterocycles. The number of methoxy groups -OCH3 is 1. The van der Waals surface area contributed by atoms with Gasteiger partial charge in [0.1, 0.15) is 11.6 Å². The smallest absolute Gasteiger partial charge is 0.136 e. The van der Waals surface area contributed by atoms with Gasteiger partial charge in [0.2, 0.25) is 0 Å². The van der Waals surface area contributed by atoms with E-state index in [-0.39, 0.29) is 0 Å². The Kier molecular flexibility index (Phi) is 2.26. The number of benzene rings is 1. The molecule has 0 unspecified atom stereocenters. The highest BCUT2D eigenvalue weighted by molar-refractivity contribution is 5.97. The number of aromatic amines is 2. The fourth-order valence-electron chi connectivity index (χ4n) is 2.29. The Labute approximate surface area is 104 Å². The van der Waals surface area contributed by atoms with E-state index in [0.29, 0.717) is 5.82 Å². The molecule has 5 heteroatoms. The molecule has 0 radical (unpaired) electrons. The first-order chi connectivity index (χ1) is 8.72. The maximum absolute atomic E-state index is 5.87. The molecule has 0 bridgehead atoms. The number of rotatable bonds is 2. The SMILES string of the molecule is COc1c(-c2cn[nH]c2N)ccc2[nH]cc(C)c12. The summed E-state index contributed by atoms with van der Waals surface area (Å²) in [5, 5.41) is 7.77. The van der Waals surface area contributed by atoms with Crippen LogP contribution >= 0.6 is 0 Å². The van der Waals surface area contributed by atoms with Crippen LogP contribution in [0.1, 0.15) is 5.56 Å². The summed E-state index contributed by atoms with van der Waals surface area (Å²) in [5.74, 6) is 1.36. The summed E-state index contributed by atoms with van der Waals surface area (Å²) in [4.78, 5) is 3.21. The molecule has 0 atom stereocenters. The quantitative estimate of drug-likeness (QED) is 0.645. The van der Waals surface area contributed by atoms with Gasteiger partial charge in [-0.25, -0.2) is 0 Å². The summed E-state index contributed by atoms with van der Waals surface area (Å²) in [6, 6.07) is 4.00. The number of ether oxygens (including phenoxy) is 1. The summed E-state index contributed by atoms with van der Waals surface area (Å²) < 4.78 is 5.56. The Bertz CT molecular complexity index is 711. The Morgan fingerprint density at radius 1 is 1.28 bits per heavy atom. The first-order valence-electron chi connectivity index (χ1n) is 5.66. The van der Waals surface area contributed by atoms with E-state index in [4.69, 9.17) is 10.5 Å².